The number of hydrogen-bond acceptors (Lipinski definition) is 4. The summed E-state index contributed by atoms with van der Waals surface area (Å²) in [5.74, 6) is 0.0846. The fourth-order valence-electron chi connectivity index (χ4n) is 1.76. The van der Waals surface area contributed by atoms with Crippen molar-refractivity contribution in [2.45, 2.75) is 0 Å². The van der Waals surface area contributed by atoms with Gasteiger partial charge in [-0.15, -0.1) is 0 Å². The van der Waals surface area contributed by atoms with Gasteiger partial charge in [0.1, 0.15) is 11.4 Å². The van der Waals surface area contributed by atoms with Crippen LogP contribution in [0.4, 0.5) is 5.69 Å². The third-order valence-corrected chi connectivity index (χ3v) is 2.60. The number of carbonyl (C=O) groups is 2. The zero-order chi connectivity index (χ0) is 13.1. The third kappa shape index (κ3) is 1.88. The number of ether oxygens (including phenoxy) is 2. The van der Waals surface area contributed by atoms with E-state index in [2.05, 4.69) is 15.0 Å². The van der Waals surface area contributed by atoms with Gasteiger partial charge in [0, 0.05) is 10.9 Å². The van der Waals surface area contributed by atoms with Crippen LogP contribution in [0.2, 0.25) is 0 Å². The molecule has 1 amide bonds. The van der Waals surface area contributed by atoms with Gasteiger partial charge in [0.15, 0.2) is 0 Å². The molecule has 0 aliphatic heterocycles. The molecule has 0 atom stereocenters. The molecule has 0 aliphatic carbocycles. The molecule has 2 N–H and O–H groups in total. The normalized spacial score (nSPS) is 10.1. The molecule has 18 heavy (non-hydrogen) atoms. The van der Waals surface area contributed by atoms with Gasteiger partial charge >= 0.3 is 5.97 Å². The summed E-state index contributed by atoms with van der Waals surface area (Å²) in [5, 5.41) is 3.18. The fraction of sp³-hybridized carbons (Fsp3) is 0.167. The number of methoxy groups -OCH3 is 2. The first-order valence-electron chi connectivity index (χ1n) is 5.19. The number of aromatic nitrogens is 1. The Bertz CT molecular complexity index is 603. The van der Waals surface area contributed by atoms with Crippen LogP contribution in [0.1, 0.15) is 10.5 Å². The first kappa shape index (κ1) is 12.0. The maximum absolute atomic E-state index is 11.6. The summed E-state index contributed by atoms with van der Waals surface area (Å²) < 4.78 is 9.76. The highest BCUT2D eigenvalue weighted by molar-refractivity contribution is 6.08. The minimum Gasteiger partial charge on any atom is -0.497 e. The van der Waals surface area contributed by atoms with Crippen LogP contribution in [-0.4, -0.2) is 31.6 Å². The molecule has 94 valence electrons. The van der Waals surface area contributed by atoms with Crippen molar-refractivity contribution in [2.24, 2.45) is 0 Å². The summed E-state index contributed by atoms with van der Waals surface area (Å²) in [7, 11) is 2.82. The summed E-state index contributed by atoms with van der Waals surface area (Å²) in [6.45, 7) is 0. The second-order valence-corrected chi connectivity index (χ2v) is 3.54. The van der Waals surface area contributed by atoms with E-state index in [-0.39, 0.29) is 5.69 Å². The summed E-state index contributed by atoms with van der Waals surface area (Å²) in [6, 6.07) is 5.24. The summed E-state index contributed by atoms with van der Waals surface area (Å²) in [5.41, 5.74) is 1.29. The Balaban J connectivity index is 2.67. The van der Waals surface area contributed by atoms with E-state index in [1.54, 1.807) is 25.3 Å². The highest BCUT2D eigenvalue weighted by atomic mass is 16.5. The maximum Gasteiger partial charge on any atom is 0.356 e. The number of H-pyrrole nitrogens is 1. The van der Waals surface area contributed by atoms with E-state index in [0.717, 1.165) is 0 Å². The average molecular weight is 248 g/mol. The Kier molecular flexibility index (Phi) is 3.18. The molecule has 1 aromatic heterocycles. The number of benzene rings is 1. The van der Waals surface area contributed by atoms with Crippen LogP contribution in [0.25, 0.3) is 10.9 Å². The van der Waals surface area contributed by atoms with Gasteiger partial charge in [0.2, 0.25) is 6.41 Å². The molecule has 6 nitrogen and oxygen atoms in total. The monoisotopic (exact) mass is 248 g/mol. The van der Waals surface area contributed by atoms with E-state index in [4.69, 9.17) is 4.74 Å². The van der Waals surface area contributed by atoms with Gasteiger partial charge in [-0.1, -0.05) is 0 Å². The summed E-state index contributed by atoms with van der Waals surface area (Å²) >= 11 is 0. The topological polar surface area (TPSA) is 80.4 Å². The average Bonchev–Trinajstić information content (AvgIpc) is 2.76. The molecule has 0 spiro atoms. The number of aromatic amines is 1. The van der Waals surface area contributed by atoms with Gasteiger partial charge in [0.25, 0.3) is 0 Å². The zero-order valence-corrected chi connectivity index (χ0v) is 9.94. The molecule has 0 saturated heterocycles. The van der Waals surface area contributed by atoms with Crippen LogP contribution < -0.4 is 10.1 Å². The van der Waals surface area contributed by atoms with E-state index >= 15 is 0 Å². The van der Waals surface area contributed by atoms with Crippen LogP contribution in [-0.2, 0) is 9.53 Å². The number of anilines is 1. The SMILES string of the molecule is COC(=O)c1[nH]c2ccc(OC)cc2c1NC=O. The zero-order valence-electron chi connectivity index (χ0n) is 9.94. The van der Waals surface area contributed by atoms with E-state index in [1.807, 2.05) is 0 Å². The van der Waals surface area contributed by atoms with E-state index in [0.29, 0.717) is 28.7 Å². The fourth-order valence-corrected chi connectivity index (χ4v) is 1.76. The molecule has 0 saturated carbocycles. The van der Waals surface area contributed by atoms with Crippen LogP contribution in [0, 0.1) is 0 Å². The number of esters is 1. The molecular weight excluding hydrogens is 236 g/mol. The Labute approximate surface area is 103 Å². The molecule has 0 unspecified atom stereocenters. The minimum absolute atomic E-state index is 0.202. The molecule has 0 radical (unpaired) electrons. The summed E-state index contributed by atoms with van der Waals surface area (Å²) in [6.07, 6.45) is 0.508. The molecule has 1 aromatic carbocycles. The van der Waals surface area contributed by atoms with Crippen LogP contribution >= 0.6 is 0 Å². The quantitative estimate of drug-likeness (QED) is 0.635. The molecule has 1 heterocycles. The van der Waals surface area contributed by atoms with Gasteiger partial charge in [-0.3, -0.25) is 4.79 Å². The van der Waals surface area contributed by atoms with E-state index in [9.17, 15) is 9.59 Å². The molecule has 6 heteroatoms. The lowest BCUT2D eigenvalue weighted by molar-refractivity contribution is -0.105. The first-order chi connectivity index (χ1) is 8.71. The largest absolute Gasteiger partial charge is 0.497 e. The van der Waals surface area contributed by atoms with Crippen molar-refractivity contribution < 1.29 is 19.1 Å². The van der Waals surface area contributed by atoms with E-state index < -0.39 is 5.97 Å². The lowest BCUT2D eigenvalue weighted by Gasteiger charge is -2.02. The third-order valence-electron chi connectivity index (χ3n) is 2.60. The number of amides is 1. The van der Waals surface area contributed by atoms with Gasteiger partial charge in [-0.25, -0.2) is 4.79 Å². The number of fused-ring (bicyclic) bond motifs is 1. The lowest BCUT2D eigenvalue weighted by Crippen LogP contribution is -2.06. The van der Waals surface area contributed by atoms with Crippen molar-refractivity contribution in [3.05, 3.63) is 23.9 Å². The Morgan fingerprint density at radius 1 is 1.39 bits per heavy atom. The highest BCUT2D eigenvalue weighted by Gasteiger charge is 2.18. The van der Waals surface area contributed by atoms with Gasteiger partial charge in [-0.05, 0) is 18.2 Å². The highest BCUT2D eigenvalue weighted by Crippen LogP contribution is 2.30. The van der Waals surface area contributed by atoms with Crippen molar-refractivity contribution in [2.75, 3.05) is 19.5 Å². The molecule has 0 bridgehead atoms. The molecule has 0 fully saturated rings. The second kappa shape index (κ2) is 4.79. The van der Waals surface area contributed by atoms with E-state index in [1.165, 1.54) is 7.11 Å². The Morgan fingerprint density at radius 3 is 2.78 bits per heavy atom. The molecule has 0 aliphatic rings. The molecular formula is C12H12N2O4. The number of rotatable bonds is 4. The second-order valence-electron chi connectivity index (χ2n) is 3.54. The van der Waals surface area contributed by atoms with Crippen molar-refractivity contribution in [1.82, 2.24) is 4.98 Å². The van der Waals surface area contributed by atoms with Crippen LogP contribution in [0.5, 0.6) is 5.75 Å². The van der Waals surface area contributed by atoms with Crippen LogP contribution in [0.3, 0.4) is 0 Å². The standard InChI is InChI=1S/C12H12N2O4/c1-17-7-3-4-9-8(5-7)10(13-6-15)11(14-9)12(16)18-2/h3-6,14H,1-2H3,(H,13,15). The Morgan fingerprint density at radius 2 is 2.17 bits per heavy atom. The number of nitrogens with one attached hydrogen (secondary N) is 2. The first-order valence-corrected chi connectivity index (χ1v) is 5.19. The number of carbonyl (C=O) groups excluding carboxylic acids is 2. The Hall–Kier alpha value is -2.50. The maximum atomic E-state index is 11.6. The minimum atomic E-state index is -0.547. The van der Waals surface area contributed by atoms with Crippen molar-refractivity contribution >= 4 is 29.0 Å². The van der Waals surface area contributed by atoms with Crippen molar-refractivity contribution in [1.29, 1.82) is 0 Å². The predicted octanol–water partition coefficient (Wildman–Crippen LogP) is 1.53. The molecule has 2 aromatic rings. The predicted molar refractivity (Wildman–Crippen MR) is 65.9 cm³/mol. The van der Waals surface area contributed by atoms with Crippen molar-refractivity contribution in [3.8, 4) is 5.75 Å². The van der Waals surface area contributed by atoms with Gasteiger partial charge < -0.3 is 19.8 Å². The van der Waals surface area contributed by atoms with Crippen LogP contribution in [0.15, 0.2) is 18.2 Å². The summed E-state index contributed by atoms with van der Waals surface area (Å²) in [4.78, 5) is 25.1. The smallest absolute Gasteiger partial charge is 0.356 e. The number of hydrogen-bond donors (Lipinski definition) is 2. The van der Waals surface area contributed by atoms with Gasteiger partial charge in [0.05, 0.1) is 19.9 Å². The van der Waals surface area contributed by atoms with Gasteiger partial charge in [-0.2, -0.15) is 0 Å². The lowest BCUT2D eigenvalue weighted by atomic mass is 10.2. The van der Waals surface area contributed by atoms with Crippen molar-refractivity contribution in [3.63, 3.8) is 0 Å². The molecule has 2 rings (SSSR count).